The van der Waals surface area contributed by atoms with Gasteiger partial charge in [0, 0.05) is 18.3 Å². The van der Waals surface area contributed by atoms with Crippen LogP contribution in [0.3, 0.4) is 0 Å². The van der Waals surface area contributed by atoms with Crippen LogP contribution in [0.2, 0.25) is 15.1 Å². The maximum absolute atomic E-state index is 13.6. The molecule has 5 nitrogen and oxygen atoms in total. The molecular formula is C24H27Cl3N2O3. The molecule has 0 aromatic heterocycles. The Hall–Kier alpha value is -1.95. The number of anilines is 1. The summed E-state index contributed by atoms with van der Waals surface area (Å²) in [7, 11) is 0. The van der Waals surface area contributed by atoms with E-state index < -0.39 is 5.54 Å². The van der Waals surface area contributed by atoms with Crippen molar-refractivity contribution in [3.05, 3.63) is 57.0 Å². The summed E-state index contributed by atoms with van der Waals surface area (Å²) in [5, 5.41) is 3.91. The fraction of sp³-hybridized carbons (Fsp3) is 0.417. The van der Waals surface area contributed by atoms with E-state index in [-0.39, 0.29) is 34.2 Å². The number of hydrogen-bond acceptors (Lipinski definition) is 3. The number of benzene rings is 2. The summed E-state index contributed by atoms with van der Waals surface area (Å²) in [6.07, 6.45) is 4.02. The number of rotatable bonds is 7. The van der Waals surface area contributed by atoms with E-state index in [1.165, 1.54) is 12.1 Å². The number of halogens is 3. The molecule has 0 atom stereocenters. The molecule has 2 amide bonds. The quantitative estimate of drug-likeness (QED) is 0.443. The molecule has 0 unspecified atom stereocenters. The number of nitrogens with one attached hydrogen (secondary N) is 1. The minimum absolute atomic E-state index is 0.158. The van der Waals surface area contributed by atoms with E-state index in [2.05, 4.69) is 5.32 Å². The van der Waals surface area contributed by atoms with Gasteiger partial charge in [-0.2, -0.15) is 0 Å². The standard InChI is InChI=1S/C24H27Cl3N2O3/c1-3-29(22(30)15-32-21-14-18(26)17(25)13-19(21)27)24(11-7-4-8-12-24)23(31)28-20-10-6-5-9-16(20)2/h5-6,9-10,13-14H,3-4,7-8,11-12,15H2,1-2H3,(H,28,31). The first kappa shape index (κ1) is 24.7. The molecule has 1 N–H and O–H groups in total. The third-order valence-corrected chi connectivity index (χ3v) is 6.97. The number of ether oxygens (including phenoxy) is 1. The molecule has 0 heterocycles. The van der Waals surface area contributed by atoms with Crippen molar-refractivity contribution in [3.8, 4) is 5.75 Å². The molecule has 1 aliphatic rings. The Morgan fingerprint density at radius 3 is 2.34 bits per heavy atom. The molecule has 0 bridgehead atoms. The minimum atomic E-state index is -0.919. The number of para-hydroxylation sites is 1. The Bertz CT molecular complexity index is 990. The van der Waals surface area contributed by atoms with Crippen molar-refractivity contribution in [1.82, 2.24) is 4.90 Å². The van der Waals surface area contributed by atoms with Crippen LogP contribution >= 0.6 is 34.8 Å². The van der Waals surface area contributed by atoms with Gasteiger partial charge in [0.25, 0.3) is 5.91 Å². The topological polar surface area (TPSA) is 58.6 Å². The average molecular weight is 498 g/mol. The number of likely N-dealkylation sites (N-methyl/N-ethyl adjacent to an activating group) is 1. The molecule has 1 saturated carbocycles. The number of nitrogens with zero attached hydrogens (tertiary/aromatic N) is 1. The Morgan fingerprint density at radius 1 is 1.03 bits per heavy atom. The molecule has 2 aromatic rings. The second-order valence-corrected chi connectivity index (χ2v) is 9.21. The first-order valence-corrected chi connectivity index (χ1v) is 11.9. The summed E-state index contributed by atoms with van der Waals surface area (Å²) in [6, 6.07) is 10.6. The summed E-state index contributed by atoms with van der Waals surface area (Å²) in [4.78, 5) is 28.5. The van der Waals surface area contributed by atoms with E-state index in [0.29, 0.717) is 24.4 Å². The SMILES string of the molecule is CCN(C(=O)COc1cc(Cl)c(Cl)cc1Cl)C1(C(=O)Nc2ccccc2C)CCCCC1. The lowest BCUT2D eigenvalue weighted by Crippen LogP contribution is -2.60. The number of amides is 2. The van der Waals surface area contributed by atoms with Crippen LogP contribution in [0.4, 0.5) is 5.69 Å². The van der Waals surface area contributed by atoms with Crippen molar-refractivity contribution in [3.63, 3.8) is 0 Å². The monoisotopic (exact) mass is 496 g/mol. The van der Waals surface area contributed by atoms with Crippen LogP contribution in [0, 0.1) is 6.92 Å². The van der Waals surface area contributed by atoms with Gasteiger partial charge in [0.2, 0.25) is 5.91 Å². The molecule has 8 heteroatoms. The number of hydrogen-bond donors (Lipinski definition) is 1. The zero-order valence-corrected chi connectivity index (χ0v) is 20.5. The molecule has 2 aromatic carbocycles. The Labute approximate surface area is 204 Å². The van der Waals surface area contributed by atoms with Crippen LogP contribution in [0.15, 0.2) is 36.4 Å². The molecule has 172 valence electrons. The van der Waals surface area contributed by atoms with E-state index >= 15 is 0 Å². The summed E-state index contributed by atoms with van der Waals surface area (Å²) in [5.41, 5.74) is 0.806. The minimum Gasteiger partial charge on any atom is -0.482 e. The van der Waals surface area contributed by atoms with Crippen molar-refractivity contribution in [2.45, 2.75) is 51.5 Å². The Kier molecular flexibility index (Phi) is 8.32. The maximum Gasteiger partial charge on any atom is 0.261 e. The average Bonchev–Trinajstić information content (AvgIpc) is 2.78. The van der Waals surface area contributed by atoms with Crippen molar-refractivity contribution < 1.29 is 14.3 Å². The Morgan fingerprint density at radius 2 is 1.69 bits per heavy atom. The predicted molar refractivity (Wildman–Crippen MR) is 130 cm³/mol. The van der Waals surface area contributed by atoms with Crippen LogP contribution in [0.25, 0.3) is 0 Å². The van der Waals surface area contributed by atoms with Crippen LogP contribution in [0.5, 0.6) is 5.75 Å². The Balaban J connectivity index is 1.81. The van der Waals surface area contributed by atoms with Gasteiger partial charge in [0.15, 0.2) is 6.61 Å². The van der Waals surface area contributed by atoms with Gasteiger partial charge >= 0.3 is 0 Å². The first-order valence-electron chi connectivity index (χ1n) is 10.7. The zero-order valence-electron chi connectivity index (χ0n) is 18.2. The van der Waals surface area contributed by atoms with Gasteiger partial charge in [0.05, 0.1) is 15.1 Å². The second kappa shape index (κ2) is 10.8. The lowest BCUT2D eigenvalue weighted by molar-refractivity contribution is -0.149. The fourth-order valence-electron chi connectivity index (χ4n) is 4.26. The molecule has 1 aliphatic carbocycles. The van der Waals surface area contributed by atoms with Crippen molar-refractivity contribution in [2.24, 2.45) is 0 Å². The largest absolute Gasteiger partial charge is 0.482 e. The van der Waals surface area contributed by atoms with Gasteiger partial charge in [-0.1, -0.05) is 72.3 Å². The highest BCUT2D eigenvalue weighted by atomic mass is 35.5. The number of carbonyl (C=O) groups excluding carboxylic acids is 2. The van der Waals surface area contributed by atoms with Crippen LogP contribution < -0.4 is 10.1 Å². The number of aryl methyl sites for hydroxylation is 1. The van der Waals surface area contributed by atoms with Crippen molar-refractivity contribution >= 4 is 52.3 Å². The maximum atomic E-state index is 13.6. The van der Waals surface area contributed by atoms with E-state index in [1.54, 1.807) is 4.90 Å². The fourth-order valence-corrected chi connectivity index (χ4v) is 4.85. The van der Waals surface area contributed by atoms with E-state index in [4.69, 9.17) is 39.5 Å². The second-order valence-electron chi connectivity index (χ2n) is 7.98. The van der Waals surface area contributed by atoms with Gasteiger partial charge in [-0.15, -0.1) is 0 Å². The van der Waals surface area contributed by atoms with Gasteiger partial charge in [-0.25, -0.2) is 0 Å². The first-order chi connectivity index (χ1) is 15.3. The summed E-state index contributed by atoms with van der Waals surface area (Å²) >= 11 is 18.2. The van der Waals surface area contributed by atoms with Crippen molar-refractivity contribution in [2.75, 3.05) is 18.5 Å². The van der Waals surface area contributed by atoms with Gasteiger partial charge in [-0.3, -0.25) is 9.59 Å². The zero-order chi connectivity index (χ0) is 23.3. The van der Waals surface area contributed by atoms with Crippen LogP contribution in [-0.4, -0.2) is 35.4 Å². The smallest absolute Gasteiger partial charge is 0.261 e. The molecule has 0 saturated heterocycles. The molecule has 0 radical (unpaired) electrons. The molecule has 3 rings (SSSR count). The van der Waals surface area contributed by atoms with E-state index in [0.717, 1.165) is 30.5 Å². The lowest BCUT2D eigenvalue weighted by atomic mass is 9.79. The van der Waals surface area contributed by atoms with Gasteiger partial charge in [-0.05, 0) is 44.4 Å². The van der Waals surface area contributed by atoms with Crippen LogP contribution in [-0.2, 0) is 9.59 Å². The molecule has 0 spiro atoms. The molecular weight excluding hydrogens is 471 g/mol. The lowest BCUT2D eigenvalue weighted by Gasteiger charge is -2.44. The highest BCUT2D eigenvalue weighted by molar-refractivity contribution is 6.43. The van der Waals surface area contributed by atoms with Gasteiger partial charge < -0.3 is 15.0 Å². The number of carbonyl (C=O) groups is 2. The van der Waals surface area contributed by atoms with E-state index in [9.17, 15) is 9.59 Å². The molecule has 0 aliphatic heterocycles. The summed E-state index contributed by atoms with van der Waals surface area (Å²) < 4.78 is 5.67. The highest BCUT2D eigenvalue weighted by Crippen LogP contribution is 2.37. The predicted octanol–water partition coefficient (Wildman–Crippen LogP) is 6.52. The summed E-state index contributed by atoms with van der Waals surface area (Å²) in [6.45, 7) is 3.95. The molecule has 32 heavy (non-hydrogen) atoms. The van der Waals surface area contributed by atoms with E-state index in [1.807, 2.05) is 38.1 Å². The van der Waals surface area contributed by atoms with Crippen LogP contribution in [0.1, 0.15) is 44.6 Å². The molecule has 1 fully saturated rings. The highest BCUT2D eigenvalue weighted by Gasteiger charge is 2.46. The normalized spacial score (nSPS) is 15.2. The van der Waals surface area contributed by atoms with Crippen molar-refractivity contribution in [1.29, 1.82) is 0 Å². The third-order valence-electron chi connectivity index (χ3n) is 5.96. The van der Waals surface area contributed by atoms with Gasteiger partial charge in [0.1, 0.15) is 11.3 Å². The third kappa shape index (κ3) is 5.33. The summed E-state index contributed by atoms with van der Waals surface area (Å²) in [5.74, 6) is -0.168.